The Morgan fingerprint density at radius 3 is 2.35 bits per heavy atom. The highest BCUT2D eigenvalue weighted by Crippen LogP contribution is 2.41. The lowest BCUT2D eigenvalue weighted by Gasteiger charge is -2.33. The third-order valence-electron chi connectivity index (χ3n) is 9.60. The normalized spacial score (nSPS) is 18.4. The minimum absolute atomic E-state index is 0.213. The van der Waals surface area contributed by atoms with E-state index in [1.54, 1.807) is 6.07 Å². The second-order valence-corrected chi connectivity index (χ2v) is 16.7. The van der Waals surface area contributed by atoms with Crippen LogP contribution in [-0.2, 0) is 15.4 Å². The average molecular weight is 719 g/mol. The van der Waals surface area contributed by atoms with E-state index in [1.165, 1.54) is 7.11 Å². The van der Waals surface area contributed by atoms with Crippen molar-refractivity contribution < 1.29 is 22.7 Å². The number of nitrogens with zero attached hydrogens (tertiary/aromatic N) is 5. The molecule has 1 fully saturated rings. The van der Waals surface area contributed by atoms with Crippen molar-refractivity contribution in [2.45, 2.75) is 64.0 Å². The van der Waals surface area contributed by atoms with Gasteiger partial charge in [0.15, 0.2) is 11.4 Å². The fraction of sp³-hybridized carbons (Fsp3) is 0.486. The van der Waals surface area contributed by atoms with E-state index < -0.39 is 16.1 Å². The number of benzene rings is 2. The van der Waals surface area contributed by atoms with Gasteiger partial charge in [-0.1, -0.05) is 45.0 Å². The Bertz CT molecular complexity index is 1980. The Morgan fingerprint density at radius 1 is 0.980 bits per heavy atom. The fourth-order valence-electron chi connectivity index (χ4n) is 7.13. The number of hydrogen-bond acceptors (Lipinski definition) is 9. The van der Waals surface area contributed by atoms with Crippen molar-refractivity contribution in [2.24, 2.45) is 5.92 Å². The van der Waals surface area contributed by atoms with Gasteiger partial charge in [-0.05, 0) is 92.1 Å². The van der Waals surface area contributed by atoms with Crippen molar-refractivity contribution in [3.8, 4) is 11.5 Å². The molecular weight excluding hydrogens is 669 g/mol. The number of pyridine rings is 1. The Kier molecular flexibility index (Phi) is 10.4. The summed E-state index contributed by atoms with van der Waals surface area (Å²) >= 11 is 0. The molecule has 0 radical (unpaired) electrons. The molecule has 3 N–H and O–H groups in total. The van der Waals surface area contributed by atoms with Crippen molar-refractivity contribution in [3.63, 3.8) is 0 Å². The van der Waals surface area contributed by atoms with E-state index in [0.717, 1.165) is 72.8 Å². The molecule has 2 aromatic heterocycles. The molecule has 2 aliphatic rings. The molecular formula is C37H50N8O5S. The number of rotatable bonds is 10. The number of piperidine rings is 1. The molecule has 51 heavy (non-hydrogen) atoms. The maximum atomic E-state index is 13.5. The van der Waals surface area contributed by atoms with Crippen LogP contribution in [0.2, 0.25) is 0 Å². The van der Waals surface area contributed by atoms with Gasteiger partial charge in [0.25, 0.3) is 0 Å². The fourth-order valence-corrected chi connectivity index (χ4v) is 7.68. The standard InChI is InChI=1S/C37H50N8O5S/c1-37(2,3)25-20-30(34(49-6)31(21-25)42-51(7,47)48)39-35(46)38-29-13-14-32(28-11-9-8-10-27(28)29)50-26-12-15-33-40-41-36(45(33)23-26)44-18-16-24(17-19-44)22-43(4)5/h8-12,15,20-21,23-24,29,32,42H,13-14,16-19,22H2,1-7H3,(H2,38,39,46)/t29-,32+/m0/s1. The molecule has 274 valence electrons. The number of ether oxygens (including phenoxy) is 2. The monoisotopic (exact) mass is 718 g/mol. The second-order valence-electron chi connectivity index (χ2n) is 15.0. The highest BCUT2D eigenvalue weighted by molar-refractivity contribution is 7.92. The van der Waals surface area contributed by atoms with Crippen LogP contribution in [0.1, 0.15) is 75.3 Å². The number of carbonyl (C=O) groups is 1. The van der Waals surface area contributed by atoms with Crippen LogP contribution in [0, 0.1) is 5.92 Å². The predicted octanol–water partition coefficient (Wildman–Crippen LogP) is 5.96. The molecule has 2 aromatic carbocycles. The van der Waals surface area contributed by atoms with Gasteiger partial charge in [-0.25, -0.2) is 13.2 Å². The Labute approximate surface area is 300 Å². The molecule has 13 nitrogen and oxygen atoms in total. The van der Waals surface area contributed by atoms with Gasteiger partial charge in [-0.3, -0.25) is 9.12 Å². The Hall–Kier alpha value is -4.56. The quantitative estimate of drug-likeness (QED) is 0.181. The second kappa shape index (κ2) is 14.6. The van der Waals surface area contributed by atoms with Crippen LogP contribution >= 0.6 is 0 Å². The molecule has 3 heterocycles. The van der Waals surface area contributed by atoms with E-state index >= 15 is 0 Å². The van der Waals surface area contributed by atoms with Crippen LogP contribution in [0.25, 0.3) is 5.65 Å². The van der Waals surface area contributed by atoms with E-state index in [4.69, 9.17) is 9.47 Å². The summed E-state index contributed by atoms with van der Waals surface area (Å²) in [7, 11) is 2.10. The number of nitrogens with one attached hydrogen (secondary N) is 3. The lowest BCUT2D eigenvalue weighted by atomic mass is 9.85. The van der Waals surface area contributed by atoms with E-state index in [2.05, 4.69) is 49.4 Å². The number of carbonyl (C=O) groups excluding carboxylic acids is 1. The summed E-state index contributed by atoms with van der Waals surface area (Å²) in [6.07, 6.45) is 6.41. The zero-order valence-corrected chi connectivity index (χ0v) is 31.4. The van der Waals surface area contributed by atoms with Crippen molar-refractivity contribution in [1.82, 2.24) is 24.8 Å². The van der Waals surface area contributed by atoms with E-state index in [1.807, 2.05) is 73.8 Å². The molecule has 4 aromatic rings. The minimum atomic E-state index is -3.60. The van der Waals surface area contributed by atoms with Crippen LogP contribution in [-0.4, -0.2) is 81.0 Å². The van der Waals surface area contributed by atoms with Crippen molar-refractivity contribution in [3.05, 3.63) is 71.4 Å². The Balaban J connectivity index is 1.17. The number of amides is 2. The largest absolute Gasteiger partial charge is 0.492 e. The van der Waals surface area contributed by atoms with Gasteiger partial charge in [-0.15, -0.1) is 10.2 Å². The third kappa shape index (κ3) is 8.50. The maximum Gasteiger partial charge on any atom is 0.319 e. The van der Waals surface area contributed by atoms with E-state index in [9.17, 15) is 13.2 Å². The van der Waals surface area contributed by atoms with Gasteiger partial charge < -0.3 is 29.9 Å². The number of aromatic nitrogens is 3. The number of sulfonamides is 1. The zero-order valence-electron chi connectivity index (χ0n) is 30.6. The van der Waals surface area contributed by atoms with Crippen LogP contribution in [0.5, 0.6) is 11.5 Å². The number of anilines is 3. The first-order valence-electron chi connectivity index (χ1n) is 17.5. The van der Waals surface area contributed by atoms with E-state index in [0.29, 0.717) is 24.4 Å². The van der Waals surface area contributed by atoms with Gasteiger partial charge in [0, 0.05) is 19.6 Å². The van der Waals surface area contributed by atoms with Gasteiger partial charge >= 0.3 is 6.03 Å². The maximum absolute atomic E-state index is 13.5. The van der Waals surface area contributed by atoms with Gasteiger partial charge in [0.05, 0.1) is 37.0 Å². The number of urea groups is 1. The molecule has 6 rings (SSSR count). The highest BCUT2D eigenvalue weighted by Gasteiger charge is 2.31. The third-order valence-corrected chi connectivity index (χ3v) is 10.2. The molecule has 0 unspecified atom stereocenters. The molecule has 1 aliphatic heterocycles. The van der Waals surface area contributed by atoms with Gasteiger partial charge in [0.1, 0.15) is 11.9 Å². The summed E-state index contributed by atoms with van der Waals surface area (Å²) in [5.41, 5.74) is 3.88. The molecule has 14 heteroatoms. The number of fused-ring (bicyclic) bond motifs is 2. The van der Waals surface area contributed by atoms with Crippen LogP contribution in [0.3, 0.4) is 0 Å². The first kappa shape index (κ1) is 36.2. The first-order valence-corrected chi connectivity index (χ1v) is 19.4. The number of methoxy groups -OCH3 is 1. The van der Waals surface area contributed by atoms with Crippen LogP contribution < -0.4 is 29.7 Å². The molecule has 1 saturated heterocycles. The molecule has 2 atom stereocenters. The molecule has 1 aliphatic carbocycles. The van der Waals surface area contributed by atoms with Crippen molar-refractivity contribution >= 4 is 39.0 Å². The van der Waals surface area contributed by atoms with Gasteiger partial charge in [0.2, 0.25) is 16.0 Å². The summed E-state index contributed by atoms with van der Waals surface area (Å²) in [5, 5.41) is 15.0. The number of hydrogen-bond donors (Lipinski definition) is 3. The van der Waals surface area contributed by atoms with E-state index in [-0.39, 0.29) is 29.0 Å². The summed E-state index contributed by atoms with van der Waals surface area (Å²) < 4.78 is 41.1. The predicted molar refractivity (Wildman–Crippen MR) is 201 cm³/mol. The van der Waals surface area contributed by atoms with Crippen molar-refractivity contribution in [1.29, 1.82) is 0 Å². The summed E-state index contributed by atoms with van der Waals surface area (Å²) in [6, 6.07) is 14.7. The lowest BCUT2D eigenvalue weighted by molar-refractivity contribution is 0.171. The molecule has 2 amide bonds. The van der Waals surface area contributed by atoms with Crippen LogP contribution in [0.4, 0.5) is 22.1 Å². The SMILES string of the molecule is COc1c(NC(=O)N[C@H]2CC[C@@H](Oc3ccc4nnc(N5CCC(CN(C)C)CC5)n4c3)c3ccccc32)cc(C(C)(C)C)cc1NS(C)(=O)=O. The van der Waals surface area contributed by atoms with Gasteiger partial charge in [-0.2, -0.15) is 0 Å². The highest BCUT2D eigenvalue weighted by atomic mass is 32.2. The minimum Gasteiger partial charge on any atom is -0.492 e. The Morgan fingerprint density at radius 2 is 1.69 bits per heavy atom. The summed E-state index contributed by atoms with van der Waals surface area (Å²) in [5.74, 6) is 2.47. The first-order chi connectivity index (χ1) is 24.2. The molecule has 0 bridgehead atoms. The summed E-state index contributed by atoms with van der Waals surface area (Å²) in [4.78, 5) is 18.1. The lowest BCUT2D eigenvalue weighted by Crippen LogP contribution is -2.38. The molecule has 0 spiro atoms. The average Bonchev–Trinajstić information content (AvgIpc) is 3.48. The topological polar surface area (TPSA) is 142 Å². The molecule has 0 saturated carbocycles. The van der Waals surface area contributed by atoms with Crippen LogP contribution in [0.15, 0.2) is 54.7 Å². The smallest absolute Gasteiger partial charge is 0.319 e. The summed E-state index contributed by atoms with van der Waals surface area (Å²) in [6.45, 7) is 9.02. The zero-order chi connectivity index (χ0) is 36.5. The van der Waals surface area contributed by atoms with Crippen molar-refractivity contribution in [2.75, 3.05) is 62.0 Å².